The lowest BCUT2D eigenvalue weighted by atomic mass is 10.2. The lowest BCUT2D eigenvalue weighted by molar-refractivity contribution is -0.116. The number of piperazine rings is 1. The van der Waals surface area contributed by atoms with Crippen LogP contribution in [0.4, 0.5) is 0 Å². The summed E-state index contributed by atoms with van der Waals surface area (Å²) in [5.74, 6) is 0.0360. The Labute approximate surface area is 159 Å². The number of nitrogens with two attached hydrogens (primary N) is 3. The zero-order chi connectivity index (χ0) is 19.3. The molecule has 0 bridgehead atoms. The van der Waals surface area contributed by atoms with Gasteiger partial charge in [0.25, 0.3) is 5.84 Å². The Hall–Kier alpha value is -2.03. The van der Waals surface area contributed by atoms with Crippen LogP contribution in [0, 0.1) is 0 Å². The Bertz CT molecular complexity index is 813. The molecule has 0 aromatic heterocycles. The van der Waals surface area contributed by atoms with Gasteiger partial charge < -0.3 is 10.6 Å². The molecular formula is C17H25ClN5O2S+. The fourth-order valence-corrected chi connectivity index (χ4v) is 4.63. The van der Waals surface area contributed by atoms with Crippen LogP contribution in [0.5, 0.6) is 0 Å². The highest BCUT2D eigenvalue weighted by molar-refractivity contribution is 7.88. The lowest BCUT2D eigenvalue weighted by Crippen LogP contribution is -2.55. The molecule has 0 atom stereocenters. The Kier molecular flexibility index (Phi) is 6.69. The Morgan fingerprint density at radius 1 is 1.19 bits per heavy atom. The monoisotopic (exact) mass is 398 g/mol. The highest BCUT2D eigenvalue weighted by Crippen LogP contribution is 2.21. The number of allylic oxidation sites excluding steroid dienone is 2. The van der Waals surface area contributed by atoms with Gasteiger partial charge >= 0.3 is 0 Å². The molecule has 0 unspecified atom stereocenters. The molecule has 1 aromatic rings. The summed E-state index contributed by atoms with van der Waals surface area (Å²) in [5.41, 5.74) is 13.2. The highest BCUT2D eigenvalue weighted by atomic mass is 35.5. The van der Waals surface area contributed by atoms with Gasteiger partial charge in [0.15, 0.2) is 0 Å². The van der Waals surface area contributed by atoms with E-state index in [9.17, 15) is 8.42 Å². The lowest BCUT2D eigenvalue weighted by Gasteiger charge is -2.35. The van der Waals surface area contributed by atoms with Crippen molar-refractivity contribution >= 4 is 27.5 Å². The van der Waals surface area contributed by atoms with Crippen LogP contribution in [0.1, 0.15) is 12.5 Å². The topological polar surface area (TPSA) is 118 Å². The van der Waals surface area contributed by atoms with E-state index in [1.54, 1.807) is 25.1 Å². The minimum Gasteiger partial charge on any atom is -0.398 e. The van der Waals surface area contributed by atoms with Crippen molar-refractivity contribution in [2.75, 3.05) is 26.2 Å². The highest BCUT2D eigenvalue weighted by Gasteiger charge is 2.30. The van der Waals surface area contributed by atoms with Gasteiger partial charge in [-0.05, 0) is 12.5 Å². The molecule has 1 saturated heterocycles. The minimum atomic E-state index is -3.39. The molecule has 9 heteroatoms. The van der Waals surface area contributed by atoms with Crippen molar-refractivity contribution in [3.8, 4) is 0 Å². The van der Waals surface area contributed by atoms with Gasteiger partial charge in [-0.3, -0.25) is 11.1 Å². The Balaban J connectivity index is 2.11. The van der Waals surface area contributed by atoms with Gasteiger partial charge in [-0.1, -0.05) is 48.0 Å². The van der Waals surface area contributed by atoms with Gasteiger partial charge in [0.1, 0.15) is 5.70 Å². The zero-order valence-electron chi connectivity index (χ0n) is 14.7. The summed E-state index contributed by atoms with van der Waals surface area (Å²) in [6.07, 6.45) is 1.66. The number of nitrogens with zero attached hydrogens (tertiary/aromatic N) is 2. The Morgan fingerprint density at radius 3 is 2.27 bits per heavy atom. The predicted molar refractivity (Wildman–Crippen MR) is 104 cm³/mol. The van der Waals surface area contributed by atoms with E-state index < -0.39 is 10.0 Å². The predicted octanol–water partition coefficient (Wildman–Crippen LogP) is -0.437. The van der Waals surface area contributed by atoms with E-state index >= 15 is 0 Å². The molecule has 1 aliphatic heterocycles. The van der Waals surface area contributed by atoms with Crippen LogP contribution in [-0.4, -0.2) is 49.6 Å². The number of amidine groups is 1. The summed E-state index contributed by atoms with van der Waals surface area (Å²) < 4.78 is 26.8. The van der Waals surface area contributed by atoms with Crippen molar-refractivity contribution < 1.29 is 13.8 Å². The maximum absolute atomic E-state index is 12.6. The number of rotatable bonds is 6. The number of halogens is 1. The molecule has 0 amide bonds. The summed E-state index contributed by atoms with van der Waals surface area (Å²) in [5, 5.41) is 6.05. The first kappa shape index (κ1) is 20.3. The van der Waals surface area contributed by atoms with E-state index in [2.05, 4.69) is 0 Å². The van der Waals surface area contributed by atoms with Crippen LogP contribution in [0.2, 0.25) is 0 Å². The quantitative estimate of drug-likeness (QED) is 0.341. The summed E-state index contributed by atoms with van der Waals surface area (Å²) in [7, 11) is -3.39. The third kappa shape index (κ3) is 4.78. The van der Waals surface area contributed by atoms with Crippen molar-refractivity contribution in [3.63, 3.8) is 0 Å². The SMILES string of the molecule is C/C=C(N)\C(Cl)=C(/C(N)=[NH2+])N1CCN(S(=O)(=O)Cc2ccccc2)CC1. The van der Waals surface area contributed by atoms with Gasteiger partial charge in [0.05, 0.1) is 10.8 Å². The van der Waals surface area contributed by atoms with Crippen LogP contribution in [0.3, 0.4) is 0 Å². The first-order valence-electron chi connectivity index (χ1n) is 8.23. The van der Waals surface area contributed by atoms with Crippen molar-refractivity contribution in [2.24, 2.45) is 11.5 Å². The maximum atomic E-state index is 12.6. The molecule has 26 heavy (non-hydrogen) atoms. The third-order valence-corrected chi connectivity index (χ3v) is 6.43. The molecule has 6 N–H and O–H groups in total. The summed E-state index contributed by atoms with van der Waals surface area (Å²) in [4.78, 5) is 1.86. The standard InChI is InChI=1S/C17H24ClN5O2S/c1-2-14(19)15(18)16(17(20)21)22-8-10-23(11-9-22)26(24,25)12-13-6-4-3-5-7-13/h2-7H,8-12,19H2,1H3,(H3,20,21)/p+1/b14-2+,16-15-. The van der Waals surface area contributed by atoms with Crippen LogP contribution < -0.4 is 16.9 Å². The fraction of sp³-hybridized carbons (Fsp3) is 0.353. The van der Waals surface area contributed by atoms with Crippen molar-refractivity contribution in [1.82, 2.24) is 9.21 Å². The fourth-order valence-electron chi connectivity index (χ4n) is 2.78. The molecule has 2 rings (SSSR count). The normalized spacial score (nSPS) is 17.8. The zero-order valence-corrected chi connectivity index (χ0v) is 16.3. The molecule has 0 aliphatic carbocycles. The first-order chi connectivity index (χ1) is 12.3. The first-order valence-corrected chi connectivity index (χ1v) is 10.2. The van der Waals surface area contributed by atoms with Crippen LogP contribution in [0.15, 0.2) is 52.8 Å². The smallest absolute Gasteiger partial charge is 0.288 e. The van der Waals surface area contributed by atoms with Gasteiger partial charge in [-0.15, -0.1) is 0 Å². The number of sulfonamides is 1. The number of hydrogen-bond donors (Lipinski definition) is 3. The van der Waals surface area contributed by atoms with Gasteiger partial charge in [0.2, 0.25) is 10.0 Å². The van der Waals surface area contributed by atoms with Gasteiger partial charge in [-0.25, -0.2) is 8.42 Å². The van der Waals surface area contributed by atoms with E-state index in [1.807, 2.05) is 23.1 Å². The van der Waals surface area contributed by atoms with Crippen molar-refractivity contribution in [2.45, 2.75) is 12.7 Å². The average Bonchev–Trinajstić information content (AvgIpc) is 2.61. The van der Waals surface area contributed by atoms with E-state index in [4.69, 9.17) is 28.5 Å². The molecule has 0 saturated carbocycles. The average molecular weight is 399 g/mol. The molecule has 0 spiro atoms. The molecule has 1 aliphatic rings. The number of benzene rings is 1. The summed E-state index contributed by atoms with van der Waals surface area (Å²) >= 11 is 6.29. The van der Waals surface area contributed by atoms with Gasteiger partial charge in [-0.2, -0.15) is 4.31 Å². The largest absolute Gasteiger partial charge is 0.398 e. The van der Waals surface area contributed by atoms with E-state index in [-0.39, 0.29) is 16.6 Å². The van der Waals surface area contributed by atoms with Crippen LogP contribution in [-0.2, 0) is 15.8 Å². The maximum Gasteiger partial charge on any atom is 0.288 e. The second-order valence-corrected chi connectivity index (χ2v) is 8.34. The third-order valence-electron chi connectivity index (χ3n) is 4.19. The molecule has 7 nitrogen and oxygen atoms in total. The minimum absolute atomic E-state index is 0.0199. The molecule has 1 aromatic carbocycles. The second kappa shape index (κ2) is 8.57. The van der Waals surface area contributed by atoms with Crippen molar-refractivity contribution in [3.05, 3.63) is 58.4 Å². The van der Waals surface area contributed by atoms with E-state index in [1.165, 1.54) is 4.31 Å². The molecule has 1 heterocycles. The van der Waals surface area contributed by atoms with E-state index in [0.717, 1.165) is 5.56 Å². The van der Waals surface area contributed by atoms with Crippen LogP contribution in [0.25, 0.3) is 0 Å². The molecular weight excluding hydrogens is 374 g/mol. The van der Waals surface area contributed by atoms with Crippen molar-refractivity contribution in [1.29, 1.82) is 0 Å². The molecule has 0 radical (unpaired) electrons. The Morgan fingerprint density at radius 2 is 1.77 bits per heavy atom. The summed E-state index contributed by atoms with van der Waals surface area (Å²) in [6.45, 7) is 3.26. The second-order valence-electron chi connectivity index (χ2n) is 5.99. The molecule has 142 valence electrons. The molecule has 1 fully saturated rings. The van der Waals surface area contributed by atoms with Crippen LogP contribution >= 0.6 is 11.6 Å². The van der Waals surface area contributed by atoms with E-state index in [0.29, 0.717) is 37.6 Å². The number of hydrogen-bond acceptors (Lipinski definition) is 4. The van der Waals surface area contributed by atoms with Gasteiger partial charge in [0, 0.05) is 31.9 Å². The summed E-state index contributed by atoms with van der Waals surface area (Å²) in [6, 6.07) is 9.12.